The molecular formula is C8H10N4OS. The highest BCUT2D eigenvalue weighted by atomic mass is 32.2. The Balaban J connectivity index is 2.51. The van der Waals surface area contributed by atoms with Crippen LogP contribution >= 0.6 is 11.9 Å². The lowest BCUT2D eigenvalue weighted by Crippen LogP contribution is -2.39. The van der Waals surface area contributed by atoms with Gasteiger partial charge < -0.3 is 11.5 Å². The van der Waals surface area contributed by atoms with Gasteiger partial charge in [0.2, 0.25) is 5.96 Å². The molecule has 74 valence electrons. The number of rotatable bonds is 2. The first-order chi connectivity index (χ1) is 6.68. The first-order valence-corrected chi connectivity index (χ1v) is 4.58. The average molecular weight is 210 g/mol. The number of carbonyl (C=O) groups is 1. The molecule has 0 radical (unpaired) electrons. The van der Waals surface area contributed by atoms with Crippen molar-refractivity contribution in [1.82, 2.24) is 5.32 Å². The van der Waals surface area contributed by atoms with Crippen molar-refractivity contribution in [3.63, 3.8) is 0 Å². The first kappa shape index (κ1) is 10.4. The van der Waals surface area contributed by atoms with Crippen molar-refractivity contribution in [2.45, 2.75) is 4.90 Å². The molecule has 2 amide bonds. The summed E-state index contributed by atoms with van der Waals surface area (Å²) in [6.07, 6.45) is 0. The van der Waals surface area contributed by atoms with Crippen LogP contribution in [-0.4, -0.2) is 12.0 Å². The van der Waals surface area contributed by atoms with Crippen molar-refractivity contribution >= 4 is 23.9 Å². The van der Waals surface area contributed by atoms with Crippen LogP contribution in [0.25, 0.3) is 0 Å². The molecule has 1 rings (SSSR count). The van der Waals surface area contributed by atoms with E-state index in [1.165, 1.54) is 0 Å². The predicted octanol–water partition coefficient (Wildman–Crippen LogP) is 0.677. The van der Waals surface area contributed by atoms with E-state index in [4.69, 9.17) is 11.5 Å². The Bertz CT molecular complexity index is 338. The van der Waals surface area contributed by atoms with Gasteiger partial charge in [-0.1, -0.05) is 18.2 Å². The van der Waals surface area contributed by atoms with E-state index >= 15 is 0 Å². The van der Waals surface area contributed by atoms with E-state index in [9.17, 15) is 4.79 Å². The Kier molecular flexibility index (Phi) is 3.81. The number of guanidine groups is 1. The van der Waals surface area contributed by atoms with Gasteiger partial charge in [0.15, 0.2) is 0 Å². The molecule has 0 aliphatic carbocycles. The Hall–Kier alpha value is -1.69. The van der Waals surface area contributed by atoms with E-state index in [1.54, 1.807) is 0 Å². The molecule has 0 atom stereocenters. The molecule has 0 saturated heterocycles. The van der Waals surface area contributed by atoms with Crippen molar-refractivity contribution in [1.29, 1.82) is 0 Å². The third kappa shape index (κ3) is 3.81. The number of hydrogen-bond donors (Lipinski definition) is 3. The van der Waals surface area contributed by atoms with Crippen molar-refractivity contribution in [3.8, 4) is 0 Å². The van der Waals surface area contributed by atoms with Crippen LogP contribution in [0, 0.1) is 0 Å². The standard InChI is InChI=1S/C8H10N4OS/c9-7(11-8(10)13)12-14-6-4-2-1-3-5-6/h1-5H,(H5,9,10,11,12,13). The van der Waals surface area contributed by atoms with Crippen LogP contribution in [0.1, 0.15) is 0 Å². The molecular weight excluding hydrogens is 200 g/mol. The number of nitrogens with two attached hydrogens (primary N) is 2. The lowest BCUT2D eigenvalue weighted by molar-refractivity contribution is 0.253. The maximum atomic E-state index is 10.4. The van der Waals surface area contributed by atoms with E-state index in [0.29, 0.717) is 0 Å². The lowest BCUT2D eigenvalue weighted by atomic mass is 10.4. The normalized spacial score (nSPS) is 11.0. The van der Waals surface area contributed by atoms with Crippen molar-refractivity contribution in [2.75, 3.05) is 0 Å². The number of carbonyl (C=O) groups excluding carboxylic acids is 1. The van der Waals surface area contributed by atoms with Gasteiger partial charge in [-0.15, -0.1) is 0 Å². The quantitative estimate of drug-likeness (QED) is 0.380. The van der Waals surface area contributed by atoms with Crippen molar-refractivity contribution in [3.05, 3.63) is 30.3 Å². The zero-order chi connectivity index (χ0) is 10.4. The van der Waals surface area contributed by atoms with E-state index in [1.807, 2.05) is 30.3 Å². The van der Waals surface area contributed by atoms with Crippen LogP contribution in [0.4, 0.5) is 4.79 Å². The maximum Gasteiger partial charge on any atom is 0.318 e. The Morgan fingerprint density at radius 3 is 2.50 bits per heavy atom. The molecule has 1 aromatic rings. The van der Waals surface area contributed by atoms with E-state index < -0.39 is 6.03 Å². The van der Waals surface area contributed by atoms with E-state index in [2.05, 4.69) is 9.71 Å². The summed E-state index contributed by atoms with van der Waals surface area (Å²) in [6.45, 7) is 0. The van der Waals surface area contributed by atoms with Gasteiger partial charge in [0.05, 0.1) is 0 Å². The number of benzene rings is 1. The molecule has 0 aliphatic heterocycles. The SMILES string of the molecule is NC(=O)NC(N)=NSc1ccccc1. The number of nitrogens with one attached hydrogen (secondary N) is 1. The van der Waals surface area contributed by atoms with E-state index in [0.717, 1.165) is 16.8 Å². The first-order valence-electron chi connectivity index (χ1n) is 3.80. The molecule has 0 bridgehead atoms. The smallest absolute Gasteiger partial charge is 0.318 e. The van der Waals surface area contributed by atoms with Gasteiger partial charge in [-0.25, -0.2) is 4.79 Å². The summed E-state index contributed by atoms with van der Waals surface area (Å²) in [7, 11) is 0. The second-order valence-corrected chi connectivity index (χ2v) is 3.21. The molecule has 0 spiro atoms. The molecule has 5 nitrogen and oxygen atoms in total. The minimum absolute atomic E-state index is 0.00801. The highest BCUT2D eigenvalue weighted by molar-refractivity contribution is 7.98. The second kappa shape index (κ2) is 5.13. The van der Waals surface area contributed by atoms with Gasteiger partial charge in [-0.2, -0.15) is 4.40 Å². The summed E-state index contributed by atoms with van der Waals surface area (Å²) >= 11 is 1.16. The van der Waals surface area contributed by atoms with Gasteiger partial charge in [0.1, 0.15) is 0 Å². The fraction of sp³-hybridized carbons (Fsp3) is 0. The Morgan fingerprint density at radius 2 is 1.93 bits per heavy atom. The summed E-state index contributed by atoms with van der Waals surface area (Å²) < 4.78 is 3.83. The van der Waals surface area contributed by atoms with Crippen LogP contribution < -0.4 is 16.8 Å². The van der Waals surface area contributed by atoms with Crippen LogP contribution in [0.15, 0.2) is 39.6 Å². The summed E-state index contributed by atoms with van der Waals surface area (Å²) in [5.74, 6) is -0.00801. The van der Waals surface area contributed by atoms with Crippen LogP contribution in [0.5, 0.6) is 0 Å². The van der Waals surface area contributed by atoms with Crippen molar-refractivity contribution in [2.24, 2.45) is 15.9 Å². The number of primary amides is 1. The lowest BCUT2D eigenvalue weighted by Gasteiger charge is -1.99. The van der Waals surface area contributed by atoms with Crippen LogP contribution in [0.2, 0.25) is 0 Å². The number of urea groups is 1. The topological polar surface area (TPSA) is 93.5 Å². The van der Waals surface area contributed by atoms with Gasteiger partial charge in [-0.3, -0.25) is 5.32 Å². The molecule has 0 fully saturated rings. The van der Waals surface area contributed by atoms with Crippen LogP contribution in [0.3, 0.4) is 0 Å². The summed E-state index contributed by atoms with van der Waals surface area (Å²) in [4.78, 5) is 11.3. The fourth-order valence-electron chi connectivity index (χ4n) is 0.732. The number of hydrogen-bond acceptors (Lipinski definition) is 3. The highest BCUT2D eigenvalue weighted by Gasteiger charge is 1.95. The number of nitrogens with zero attached hydrogens (tertiary/aromatic N) is 1. The highest BCUT2D eigenvalue weighted by Crippen LogP contribution is 2.17. The third-order valence-electron chi connectivity index (χ3n) is 1.24. The molecule has 14 heavy (non-hydrogen) atoms. The minimum Gasteiger partial charge on any atom is -0.369 e. The second-order valence-electron chi connectivity index (χ2n) is 2.37. The van der Waals surface area contributed by atoms with Crippen LogP contribution in [-0.2, 0) is 0 Å². The summed E-state index contributed by atoms with van der Waals surface area (Å²) in [5.41, 5.74) is 10.2. The monoisotopic (exact) mass is 210 g/mol. The third-order valence-corrected chi connectivity index (χ3v) is 2.01. The molecule has 0 heterocycles. The fourth-order valence-corrected chi connectivity index (χ4v) is 1.26. The maximum absolute atomic E-state index is 10.4. The van der Waals surface area contributed by atoms with E-state index in [-0.39, 0.29) is 5.96 Å². The Labute approximate surface area is 85.7 Å². The summed E-state index contributed by atoms with van der Waals surface area (Å²) in [5, 5.41) is 2.16. The largest absolute Gasteiger partial charge is 0.369 e. The molecule has 0 aliphatic rings. The molecule has 0 aromatic heterocycles. The summed E-state index contributed by atoms with van der Waals surface area (Å²) in [6, 6.07) is 8.71. The zero-order valence-corrected chi connectivity index (χ0v) is 8.12. The molecule has 5 N–H and O–H groups in total. The van der Waals surface area contributed by atoms with Gasteiger partial charge in [-0.05, 0) is 12.1 Å². The molecule has 0 saturated carbocycles. The van der Waals surface area contributed by atoms with Crippen molar-refractivity contribution < 1.29 is 4.79 Å². The molecule has 6 heteroatoms. The number of amides is 2. The Morgan fingerprint density at radius 1 is 1.29 bits per heavy atom. The average Bonchev–Trinajstić information content (AvgIpc) is 2.15. The van der Waals surface area contributed by atoms with Gasteiger partial charge in [0, 0.05) is 16.8 Å². The van der Waals surface area contributed by atoms with Gasteiger partial charge in [0.25, 0.3) is 0 Å². The predicted molar refractivity (Wildman–Crippen MR) is 56.6 cm³/mol. The molecule has 0 unspecified atom stereocenters. The minimum atomic E-state index is -0.722. The van der Waals surface area contributed by atoms with Gasteiger partial charge >= 0.3 is 6.03 Å². The zero-order valence-electron chi connectivity index (χ0n) is 7.31. The molecule has 1 aromatic carbocycles.